The van der Waals surface area contributed by atoms with Gasteiger partial charge in [0, 0.05) is 16.8 Å². The lowest BCUT2D eigenvalue weighted by atomic mass is 10.2. The van der Waals surface area contributed by atoms with Crippen LogP contribution < -0.4 is 10.6 Å². The second kappa shape index (κ2) is 8.31. The topological polar surface area (TPSA) is 79.8 Å². The summed E-state index contributed by atoms with van der Waals surface area (Å²) in [5.41, 5.74) is 3.37. The van der Waals surface area contributed by atoms with Gasteiger partial charge in [0.05, 0.1) is 0 Å². The van der Waals surface area contributed by atoms with E-state index in [2.05, 4.69) is 25.6 Å². The summed E-state index contributed by atoms with van der Waals surface area (Å²) in [7, 11) is 0. The first-order valence-electron chi connectivity index (χ1n) is 9.19. The van der Waals surface area contributed by atoms with Gasteiger partial charge >= 0.3 is 0 Å². The van der Waals surface area contributed by atoms with Gasteiger partial charge in [-0.25, -0.2) is 0 Å². The number of aromatic nitrogens is 3. The predicted octanol–water partition coefficient (Wildman–Crippen LogP) is 4.84. The van der Waals surface area contributed by atoms with Gasteiger partial charge in [-0.2, -0.15) is 15.0 Å². The third-order valence-electron chi connectivity index (χ3n) is 4.24. The fraction of sp³-hybridized carbons (Fsp3) is 0.0435. The van der Waals surface area contributed by atoms with E-state index in [9.17, 15) is 4.79 Å². The fourth-order valence-corrected chi connectivity index (χ4v) is 2.73. The smallest absolute Gasteiger partial charge is 0.258 e. The molecule has 0 saturated heterocycles. The highest BCUT2D eigenvalue weighted by Gasteiger charge is 2.12. The summed E-state index contributed by atoms with van der Waals surface area (Å²) in [6.07, 6.45) is 0. The molecular weight excluding hydrogens is 362 g/mol. The van der Waals surface area contributed by atoms with Crippen molar-refractivity contribution in [2.75, 3.05) is 10.6 Å². The molecular formula is C23H19N5O. The van der Waals surface area contributed by atoms with Crippen LogP contribution in [0.15, 0.2) is 84.9 Å². The molecule has 1 amide bonds. The zero-order valence-corrected chi connectivity index (χ0v) is 15.8. The molecule has 1 aromatic heterocycles. The van der Waals surface area contributed by atoms with E-state index in [4.69, 9.17) is 0 Å². The molecule has 0 unspecified atom stereocenters. The Hall–Kier alpha value is -4.06. The molecule has 142 valence electrons. The standard InChI is InChI=1S/C23H19N5O/c1-16-12-14-19(15-13-16)24-22-25-20(17-8-4-2-5-9-17)26-23(28-22)27-21(29)18-10-6-3-7-11-18/h2-15H,1H3,(H2,24,25,26,27,28,29). The number of nitrogens with one attached hydrogen (secondary N) is 2. The molecule has 0 fully saturated rings. The van der Waals surface area contributed by atoms with Gasteiger partial charge in [0.25, 0.3) is 5.91 Å². The highest BCUT2D eigenvalue weighted by Crippen LogP contribution is 2.20. The Balaban J connectivity index is 1.68. The molecule has 6 nitrogen and oxygen atoms in total. The molecule has 2 N–H and O–H groups in total. The van der Waals surface area contributed by atoms with Crippen molar-refractivity contribution in [3.8, 4) is 11.4 Å². The molecule has 0 atom stereocenters. The number of hydrogen-bond acceptors (Lipinski definition) is 5. The molecule has 0 aliphatic rings. The minimum Gasteiger partial charge on any atom is -0.324 e. The molecule has 6 heteroatoms. The minimum atomic E-state index is -0.280. The van der Waals surface area contributed by atoms with Crippen molar-refractivity contribution in [1.82, 2.24) is 15.0 Å². The van der Waals surface area contributed by atoms with E-state index in [1.807, 2.05) is 79.7 Å². The largest absolute Gasteiger partial charge is 0.324 e. The van der Waals surface area contributed by atoms with Gasteiger partial charge < -0.3 is 5.32 Å². The van der Waals surface area contributed by atoms with Crippen LogP contribution in [-0.4, -0.2) is 20.9 Å². The zero-order chi connectivity index (χ0) is 20.1. The molecule has 0 radical (unpaired) electrons. The molecule has 3 aromatic carbocycles. The Bertz CT molecular complexity index is 1110. The number of carbonyl (C=O) groups excluding carboxylic acids is 1. The van der Waals surface area contributed by atoms with Crippen LogP contribution in [0.5, 0.6) is 0 Å². The highest BCUT2D eigenvalue weighted by molar-refractivity contribution is 6.03. The molecule has 0 aliphatic carbocycles. The van der Waals surface area contributed by atoms with Crippen LogP contribution in [0.25, 0.3) is 11.4 Å². The van der Waals surface area contributed by atoms with Gasteiger partial charge in [-0.15, -0.1) is 0 Å². The number of benzene rings is 3. The molecule has 29 heavy (non-hydrogen) atoms. The average molecular weight is 381 g/mol. The van der Waals surface area contributed by atoms with Crippen LogP contribution in [0, 0.1) is 6.92 Å². The van der Waals surface area contributed by atoms with Crippen molar-refractivity contribution in [3.63, 3.8) is 0 Å². The molecule has 0 spiro atoms. The summed E-state index contributed by atoms with van der Waals surface area (Å²) < 4.78 is 0. The summed E-state index contributed by atoms with van der Waals surface area (Å²) in [6, 6.07) is 26.4. The van der Waals surface area contributed by atoms with Crippen LogP contribution >= 0.6 is 0 Å². The van der Waals surface area contributed by atoms with Crippen molar-refractivity contribution in [3.05, 3.63) is 96.1 Å². The highest BCUT2D eigenvalue weighted by atomic mass is 16.1. The van der Waals surface area contributed by atoms with E-state index in [0.717, 1.165) is 16.8 Å². The average Bonchev–Trinajstić information content (AvgIpc) is 2.76. The van der Waals surface area contributed by atoms with Crippen molar-refractivity contribution in [2.45, 2.75) is 6.92 Å². The van der Waals surface area contributed by atoms with Crippen molar-refractivity contribution < 1.29 is 4.79 Å². The maximum absolute atomic E-state index is 12.5. The zero-order valence-electron chi connectivity index (χ0n) is 15.8. The Morgan fingerprint density at radius 3 is 2.03 bits per heavy atom. The van der Waals surface area contributed by atoms with E-state index in [1.165, 1.54) is 0 Å². The Morgan fingerprint density at radius 2 is 1.34 bits per heavy atom. The van der Waals surface area contributed by atoms with Gasteiger partial charge in [0.1, 0.15) is 0 Å². The number of hydrogen-bond donors (Lipinski definition) is 2. The van der Waals surface area contributed by atoms with E-state index < -0.39 is 0 Å². The van der Waals surface area contributed by atoms with Crippen LogP contribution in [0.3, 0.4) is 0 Å². The van der Waals surface area contributed by atoms with E-state index in [-0.39, 0.29) is 11.9 Å². The maximum Gasteiger partial charge on any atom is 0.258 e. The fourth-order valence-electron chi connectivity index (χ4n) is 2.73. The molecule has 1 heterocycles. The molecule has 4 rings (SSSR count). The third-order valence-corrected chi connectivity index (χ3v) is 4.24. The quantitative estimate of drug-likeness (QED) is 0.517. The Morgan fingerprint density at radius 1 is 0.724 bits per heavy atom. The van der Waals surface area contributed by atoms with Gasteiger partial charge in [0.15, 0.2) is 5.82 Å². The predicted molar refractivity (Wildman–Crippen MR) is 114 cm³/mol. The van der Waals surface area contributed by atoms with Gasteiger partial charge in [0.2, 0.25) is 11.9 Å². The first-order chi connectivity index (χ1) is 14.2. The molecule has 0 saturated carbocycles. The number of carbonyl (C=O) groups is 1. The van der Waals surface area contributed by atoms with Gasteiger partial charge in [-0.05, 0) is 31.2 Å². The third kappa shape index (κ3) is 4.62. The lowest BCUT2D eigenvalue weighted by molar-refractivity contribution is 0.102. The van der Waals surface area contributed by atoms with Crippen molar-refractivity contribution in [1.29, 1.82) is 0 Å². The summed E-state index contributed by atoms with van der Waals surface area (Å²) >= 11 is 0. The van der Waals surface area contributed by atoms with Crippen LogP contribution in [0.2, 0.25) is 0 Å². The summed E-state index contributed by atoms with van der Waals surface area (Å²) in [5, 5.41) is 5.94. The lowest BCUT2D eigenvalue weighted by Gasteiger charge is -2.10. The number of aryl methyl sites for hydroxylation is 1. The Labute approximate surface area is 168 Å². The SMILES string of the molecule is Cc1ccc(Nc2nc(NC(=O)c3ccccc3)nc(-c3ccccc3)n2)cc1. The number of amides is 1. The number of rotatable bonds is 5. The Kier molecular flexibility index (Phi) is 5.25. The number of nitrogens with zero attached hydrogens (tertiary/aromatic N) is 3. The van der Waals surface area contributed by atoms with Crippen molar-refractivity contribution in [2.24, 2.45) is 0 Å². The molecule has 0 bridgehead atoms. The molecule has 0 aliphatic heterocycles. The summed E-state index contributed by atoms with van der Waals surface area (Å²) in [5.74, 6) is 0.726. The number of anilines is 3. The summed E-state index contributed by atoms with van der Waals surface area (Å²) in [4.78, 5) is 25.9. The first kappa shape index (κ1) is 18.3. The molecule has 4 aromatic rings. The normalized spacial score (nSPS) is 10.4. The van der Waals surface area contributed by atoms with Crippen molar-refractivity contribution >= 4 is 23.5 Å². The van der Waals surface area contributed by atoms with Gasteiger partial charge in [-0.1, -0.05) is 66.2 Å². The lowest BCUT2D eigenvalue weighted by Crippen LogP contribution is -2.15. The van der Waals surface area contributed by atoms with E-state index in [1.54, 1.807) is 12.1 Å². The van der Waals surface area contributed by atoms with Crippen LogP contribution in [0.1, 0.15) is 15.9 Å². The van der Waals surface area contributed by atoms with Crippen LogP contribution in [-0.2, 0) is 0 Å². The van der Waals surface area contributed by atoms with Crippen LogP contribution in [0.4, 0.5) is 17.6 Å². The van der Waals surface area contributed by atoms with Gasteiger partial charge in [-0.3, -0.25) is 10.1 Å². The first-order valence-corrected chi connectivity index (χ1v) is 9.19. The minimum absolute atomic E-state index is 0.183. The van der Waals surface area contributed by atoms with E-state index in [0.29, 0.717) is 17.3 Å². The second-order valence-corrected chi connectivity index (χ2v) is 6.48. The van der Waals surface area contributed by atoms with E-state index >= 15 is 0 Å². The monoisotopic (exact) mass is 381 g/mol. The maximum atomic E-state index is 12.5. The summed E-state index contributed by atoms with van der Waals surface area (Å²) in [6.45, 7) is 2.03. The second-order valence-electron chi connectivity index (χ2n) is 6.48.